The highest BCUT2D eigenvalue weighted by molar-refractivity contribution is 5.78. The lowest BCUT2D eigenvalue weighted by Gasteiger charge is -2.38. The van der Waals surface area contributed by atoms with Crippen molar-refractivity contribution in [2.45, 2.75) is 105 Å². The zero-order valence-electron chi connectivity index (χ0n) is 22.8. The highest BCUT2D eigenvalue weighted by Gasteiger charge is 2.33. The standard InChI is InChI=1S/C22H43N3O4.C2H6.CH4O/c1-7-17(4)22(25(5)21(28)14-16(2)3)18(29-6)15-20(27)24-13-11-9-8-10-12-19(23)26;2*1-2/h16-18,22H,7-15H2,1-6H3,(H2,23,26)(H,24,27);1-2H3;2H,1H3. The minimum Gasteiger partial charge on any atom is -0.400 e. The lowest BCUT2D eigenvalue weighted by molar-refractivity contribution is -0.139. The lowest BCUT2D eigenvalue weighted by Crippen LogP contribution is -2.50. The first-order valence-electron chi connectivity index (χ1n) is 12.4. The SMILES string of the molecule is CC.CCC(C)C(C(CC(=O)NCCCCCCC(N)=O)OC)N(C)C(=O)CC(C)C.CO. The molecule has 0 saturated heterocycles. The van der Waals surface area contributed by atoms with Gasteiger partial charge in [-0.15, -0.1) is 0 Å². The van der Waals surface area contributed by atoms with Crippen molar-refractivity contribution in [1.82, 2.24) is 10.2 Å². The molecule has 0 radical (unpaired) electrons. The number of aliphatic hydroxyl groups excluding tert-OH is 1. The smallest absolute Gasteiger partial charge is 0.222 e. The summed E-state index contributed by atoms with van der Waals surface area (Å²) in [5, 5.41) is 9.95. The van der Waals surface area contributed by atoms with Crippen LogP contribution >= 0.6 is 0 Å². The fourth-order valence-electron chi connectivity index (χ4n) is 3.50. The van der Waals surface area contributed by atoms with Crippen LogP contribution in [0, 0.1) is 11.8 Å². The van der Waals surface area contributed by atoms with Gasteiger partial charge in [-0.2, -0.15) is 0 Å². The third-order valence-corrected chi connectivity index (χ3v) is 5.39. The van der Waals surface area contributed by atoms with Crippen LogP contribution in [0.4, 0.5) is 0 Å². The monoisotopic (exact) mass is 475 g/mol. The number of likely N-dealkylation sites (N-methyl/N-ethyl adjacent to an activating group) is 1. The van der Waals surface area contributed by atoms with Crippen LogP contribution in [0.5, 0.6) is 0 Å². The highest BCUT2D eigenvalue weighted by Crippen LogP contribution is 2.22. The molecule has 33 heavy (non-hydrogen) atoms. The van der Waals surface area contributed by atoms with Gasteiger partial charge in [0.2, 0.25) is 17.7 Å². The van der Waals surface area contributed by atoms with Gasteiger partial charge in [-0.1, -0.05) is 60.8 Å². The quantitative estimate of drug-likeness (QED) is 0.295. The van der Waals surface area contributed by atoms with Crippen LogP contribution in [0.1, 0.15) is 92.9 Å². The summed E-state index contributed by atoms with van der Waals surface area (Å²) in [6, 6.07) is -0.143. The number of nitrogens with one attached hydrogen (secondary N) is 1. The number of nitrogens with two attached hydrogens (primary N) is 1. The molecule has 0 heterocycles. The molecule has 4 N–H and O–H groups in total. The van der Waals surface area contributed by atoms with Crippen molar-refractivity contribution in [3.8, 4) is 0 Å². The lowest BCUT2D eigenvalue weighted by atomic mass is 9.90. The van der Waals surface area contributed by atoms with Gasteiger partial charge in [0.15, 0.2) is 0 Å². The number of rotatable bonds is 16. The molecule has 0 aromatic rings. The van der Waals surface area contributed by atoms with Crippen molar-refractivity contribution >= 4 is 17.7 Å². The zero-order valence-corrected chi connectivity index (χ0v) is 22.8. The molecule has 8 nitrogen and oxygen atoms in total. The Hall–Kier alpha value is -1.67. The molecule has 0 spiro atoms. The fraction of sp³-hybridized carbons (Fsp3) is 0.880. The van der Waals surface area contributed by atoms with Gasteiger partial charge in [-0.3, -0.25) is 14.4 Å². The fourth-order valence-corrected chi connectivity index (χ4v) is 3.50. The Morgan fingerprint density at radius 3 is 2.00 bits per heavy atom. The summed E-state index contributed by atoms with van der Waals surface area (Å²) < 4.78 is 5.67. The largest absolute Gasteiger partial charge is 0.400 e. The second kappa shape index (κ2) is 23.5. The number of carbonyl (C=O) groups is 3. The Kier molecular flexibility index (Phi) is 25.6. The van der Waals surface area contributed by atoms with Crippen molar-refractivity contribution < 1.29 is 24.2 Å². The van der Waals surface area contributed by atoms with E-state index in [1.165, 1.54) is 0 Å². The van der Waals surface area contributed by atoms with E-state index >= 15 is 0 Å². The van der Waals surface area contributed by atoms with E-state index in [0.29, 0.717) is 19.4 Å². The number of unbranched alkanes of at least 4 members (excludes halogenated alkanes) is 3. The second-order valence-electron chi connectivity index (χ2n) is 8.44. The van der Waals surface area contributed by atoms with E-state index in [1.54, 1.807) is 12.0 Å². The zero-order chi connectivity index (χ0) is 26.4. The second-order valence-corrected chi connectivity index (χ2v) is 8.44. The van der Waals surface area contributed by atoms with Crippen LogP contribution in [0.3, 0.4) is 0 Å². The average Bonchev–Trinajstić information content (AvgIpc) is 2.79. The van der Waals surface area contributed by atoms with Crippen LogP contribution in [-0.2, 0) is 19.1 Å². The van der Waals surface area contributed by atoms with E-state index < -0.39 is 0 Å². The average molecular weight is 476 g/mol. The summed E-state index contributed by atoms with van der Waals surface area (Å²) >= 11 is 0. The van der Waals surface area contributed by atoms with Gasteiger partial charge in [0.25, 0.3) is 0 Å². The summed E-state index contributed by atoms with van der Waals surface area (Å²) in [6.07, 6.45) is 5.22. The molecule has 0 aliphatic heterocycles. The molecule has 3 atom stereocenters. The number of hydrogen-bond acceptors (Lipinski definition) is 5. The molecule has 0 aliphatic carbocycles. The summed E-state index contributed by atoms with van der Waals surface area (Å²) in [4.78, 5) is 37.5. The third-order valence-electron chi connectivity index (χ3n) is 5.39. The van der Waals surface area contributed by atoms with Gasteiger partial charge in [-0.25, -0.2) is 0 Å². The highest BCUT2D eigenvalue weighted by atomic mass is 16.5. The first kappa shape index (κ1) is 35.9. The molecule has 0 rings (SSSR count). The Morgan fingerprint density at radius 2 is 1.55 bits per heavy atom. The predicted molar refractivity (Wildman–Crippen MR) is 136 cm³/mol. The molecule has 198 valence electrons. The first-order valence-corrected chi connectivity index (χ1v) is 12.4. The maximum absolute atomic E-state index is 12.6. The Balaban J connectivity index is -0.00000212. The van der Waals surface area contributed by atoms with Gasteiger partial charge in [0, 0.05) is 40.7 Å². The molecule has 0 fully saturated rings. The molecular weight excluding hydrogens is 422 g/mol. The summed E-state index contributed by atoms with van der Waals surface area (Å²) in [6.45, 7) is 12.8. The van der Waals surface area contributed by atoms with E-state index in [0.717, 1.165) is 39.2 Å². The van der Waals surface area contributed by atoms with E-state index in [-0.39, 0.29) is 48.1 Å². The topological polar surface area (TPSA) is 122 Å². The number of primary amides is 1. The van der Waals surface area contributed by atoms with Crippen LogP contribution in [0.2, 0.25) is 0 Å². The summed E-state index contributed by atoms with van der Waals surface area (Å²) in [5.74, 6) is 0.265. The van der Waals surface area contributed by atoms with Crippen molar-refractivity contribution in [2.75, 3.05) is 27.8 Å². The number of carbonyl (C=O) groups excluding carboxylic acids is 3. The Labute approximate surface area is 203 Å². The number of nitrogens with zero attached hydrogens (tertiary/aromatic N) is 1. The van der Waals surface area contributed by atoms with Crippen molar-refractivity contribution in [2.24, 2.45) is 17.6 Å². The number of methoxy groups -OCH3 is 1. The maximum atomic E-state index is 12.6. The van der Waals surface area contributed by atoms with Gasteiger partial charge in [0.05, 0.1) is 18.6 Å². The van der Waals surface area contributed by atoms with E-state index in [2.05, 4.69) is 19.2 Å². The van der Waals surface area contributed by atoms with Gasteiger partial charge in [-0.05, 0) is 24.7 Å². The molecule has 3 amide bonds. The van der Waals surface area contributed by atoms with Crippen molar-refractivity contribution in [1.29, 1.82) is 0 Å². The normalized spacial score (nSPS) is 12.9. The summed E-state index contributed by atoms with van der Waals surface area (Å²) in [7, 11) is 4.42. The first-order chi connectivity index (χ1) is 15.6. The number of ether oxygens (including phenoxy) is 1. The molecule has 0 aromatic carbocycles. The number of aliphatic hydroxyl groups is 1. The molecular formula is C25H53N3O5. The molecule has 8 heteroatoms. The van der Waals surface area contributed by atoms with Crippen molar-refractivity contribution in [3.05, 3.63) is 0 Å². The van der Waals surface area contributed by atoms with Crippen molar-refractivity contribution in [3.63, 3.8) is 0 Å². The maximum Gasteiger partial charge on any atom is 0.222 e. The van der Waals surface area contributed by atoms with Crippen LogP contribution in [-0.4, -0.2) is 67.7 Å². The van der Waals surface area contributed by atoms with Gasteiger partial charge in [0.1, 0.15) is 0 Å². The number of amides is 3. The molecule has 0 aromatic heterocycles. The number of hydrogen-bond donors (Lipinski definition) is 3. The van der Waals surface area contributed by atoms with E-state index in [4.69, 9.17) is 15.6 Å². The predicted octanol–water partition coefficient (Wildman–Crippen LogP) is 3.50. The summed E-state index contributed by atoms with van der Waals surface area (Å²) in [5.41, 5.74) is 5.12. The molecule has 0 bridgehead atoms. The Bertz CT molecular complexity index is 500. The Morgan fingerprint density at radius 1 is 1.00 bits per heavy atom. The molecule has 3 unspecified atom stereocenters. The van der Waals surface area contributed by atoms with Crippen LogP contribution in [0.15, 0.2) is 0 Å². The van der Waals surface area contributed by atoms with Gasteiger partial charge >= 0.3 is 0 Å². The molecule has 0 saturated carbocycles. The van der Waals surface area contributed by atoms with Crippen LogP contribution < -0.4 is 11.1 Å². The minimum atomic E-state index is -0.346. The third kappa shape index (κ3) is 18.4. The van der Waals surface area contributed by atoms with Crippen LogP contribution in [0.25, 0.3) is 0 Å². The van der Waals surface area contributed by atoms with E-state index in [9.17, 15) is 14.4 Å². The molecule has 0 aliphatic rings. The van der Waals surface area contributed by atoms with Gasteiger partial charge < -0.3 is 25.8 Å². The minimum absolute atomic E-state index is 0.0630. The van der Waals surface area contributed by atoms with E-state index in [1.807, 2.05) is 34.7 Å².